The third-order valence-corrected chi connectivity index (χ3v) is 5.45. The molecule has 22 heavy (non-hydrogen) atoms. The molecule has 0 radical (unpaired) electrons. The zero-order chi connectivity index (χ0) is 15.8. The lowest BCUT2D eigenvalue weighted by Crippen LogP contribution is -2.32. The summed E-state index contributed by atoms with van der Waals surface area (Å²) in [5.41, 5.74) is 1.96. The molecule has 0 aromatic heterocycles. The van der Waals surface area contributed by atoms with Gasteiger partial charge in [0.15, 0.2) is 0 Å². The quantitative estimate of drug-likeness (QED) is 0.689. The van der Waals surface area contributed by atoms with Gasteiger partial charge in [-0.1, -0.05) is 60.7 Å². The van der Waals surface area contributed by atoms with Crippen molar-refractivity contribution in [3.63, 3.8) is 0 Å². The van der Waals surface area contributed by atoms with Gasteiger partial charge in [0, 0.05) is 19.0 Å². The molecule has 0 amide bonds. The largest absolute Gasteiger partial charge is 0.214 e. The van der Waals surface area contributed by atoms with Crippen LogP contribution in [0.1, 0.15) is 17.5 Å². The fourth-order valence-corrected chi connectivity index (χ4v) is 3.94. The highest BCUT2D eigenvalue weighted by atomic mass is 35.5. The van der Waals surface area contributed by atoms with Crippen LogP contribution in [0.25, 0.3) is 0 Å². The lowest BCUT2D eigenvalue weighted by Gasteiger charge is -2.22. The van der Waals surface area contributed by atoms with Crippen molar-refractivity contribution in [1.29, 1.82) is 0 Å². The van der Waals surface area contributed by atoms with Crippen LogP contribution < -0.4 is 0 Å². The van der Waals surface area contributed by atoms with Crippen molar-refractivity contribution >= 4 is 21.6 Å². The monoisotopic (exact) mass is 337 g/mol. The Balaban J connectivity index is 2.20. The highest BCUT2D eigenvalue weighted by Crippen LogP contribution is 2.15. The summed E-state index contributed by atoms with van der Waals surface area (Å²) >= 11 is 5.65. The lowest BCUT2D eigenvalue weighted by molar-refractivity contribution is 0.401. The molecule has 0 fully saturated rings. The summed E-state index contributed by atoms with van der Waals surface area (Å²) in [6.45, 7) is 0.751. The molecule has 2 rings (SSSR count). The van der Waals surface area contributed by atoms with Gasteiger partial charge in [-0.25, -0.2) is 8.42 Å². The Bertz CT molecular complexity index is 618. The van der Waals surface area contributed by atoms with E-state index in [1.165, 1.54) is 4.31 Å². The molecule has 0 N–H and O–H groups in total. The minimum absolute atomic E-state index is 0.0795. The van der Waals surface area contributed by atoms with E-state index in [2.05, 4.69) is 0 Å². The molecule has 0 unspecified atom stereocenters. The van der Waals surface area contributed by atoms with Gasteiger partial charge >= 0.3 is 0 Å². The summed E-state index contributed by atoms with van der Waals surface area (Å²) in [6, 6.07) is 19.3. The van der Waals surface area contributed by atoms with Gasteiger partial charge in [0.1, 0.15) is 0 Å². The second-order valence-electron chi connectivity index (χ2n) is 5.10. The Hall–Kier alpha value is -1.36. The van der Waals surface area contributed by atoms with Crippen LogP contribution in [-0.2, 0) is 23.1 Å². The molecular formula is C17H20ClNO2S. The maximum atomic E-state index is 12.6. The molecule has 118 valence electrons. The molecule has 0 saturated heterocycles. The zero-order valence-corrected chi connectivity index (χ0v) is 13.9. The van der Waals surface area contributed by atoms with Crippen LogP contribution in [0.2, 0.25) is 0 Å². The normalized spacial score (nSPS) is 11.7. The number of rotatable bonds is 8. The van der Waals surface area contributed by atoms with Crippen molar-refractivity contribution in [2.45, 2.75) is 19.5 Å². The Labute approximate surface area is 137 Å². The van der Waals surface area contributed by atoms with Crippen LogP contribution in [0.4, 0.5) is 0 Å². The van der Waals surface area contributed by atoms with Gasteiger partial charge in [-0.05, 0) is 17.5 Å². The molecule has 2 aromatic carbocycles. The van der Waals surface area contributed by atoms with Crippen LogP contribution >= 0.6 is 11.6 Å². The van der Waals surface area contributed by atoms with Crippen molar-refractivity contribution in [2.75, 3.05) is 11.6 Å². The van der Waals surface area contributed by atoms with Crippen molar-refractivity contribution in [3.8, 4) is 0 Å². The molecule has 5 heteroatoms. The maximum Gasteiger partial charge on any atom is 0.214 e. The first kappa shape index (κ1) is 17.0. The summed E-state index contributed by atoms with van der Waals surface area (Å²) in [4.78, 5) is 0. The first-order valence-electron chi connectivity index (χ1n) is 7.23. The van der Waals surface area contributed by atoms with E-state index in [1.54, 1.807) is 0 Å². The highest BCUT2D eigenvalue weighted by molar-refractivity contribution is 7.89. The molecule has 0 heterocycles. The van der Waals surface area contributed by atoms with E-state index in [0.717, 1.165) is 11.1 Å². The summed E-state index contributed by atoms with van der Waals surface area (Å²) < 4.78 is 26.7. The number of benzene rings is 2. The van der Waals surface area contributed by atoms with E-state index < -0.39 is 10.0 Å². The topological polar surface area (TPSA) is 37.4 Å². The van der Waals surface area contributed by atoms with E-state index in [-0.39, 0.29) is 5.75 Å². The first-order valence-corrected chi connectivity index (χ1v) is 9.38. The van der Waals surface area contributed by atoms with Gasteiger partial charge in [-0.15, -0.1) is 11.6 Å². The Morgan fingerprint density at radius 2 is 1.27 bits per heavy atom. The number of hydrogen-bond acceptors (Lipinski definition) is 2. The van der Waals surface area contributed by atoms with E-state index in [9.17, 15) is 8.42 Å². The molecule has 2 aromatic rings. The van der Waals surface area contributed by atoms with Crippen LogP contribution in [0.5, 0.6) is 0 Å². The molecule has 0 aliphatic carbocycles. The zero-order valence-electron chi connectivity index (χ0n) is 12.4. The van der Waals surface area contributed by atoms with Gasteiger partial charge in [-0.2, -0.15) is 4.31 Å². The number of halogens is 1. The molecule has 0 bridgehead atoms. The molecule has 3 nitrogen and oxygen atoms in total. The van der Waals surface area contributed by atoms with Gasteiger partial charge < -0.3 is 0 Å². The second-order valence-corrected chi connectivity index (χ2v) is 7.56. The minimum Gasteiger partial charge on any atom is -0.212 e. The third-order valence-electron chi connectivity index (χ3n) is 3.33. The van der Waals surface area contributed by atoms with E-state index in [4.69, 9.17) is 11.6 Å². The van der Waals surface area contributed by atoms with E-state index in [1.807, 2.05) is 60.7 Å². The Morgan fingerprint density at radius 3 is 1.68 bits per heavy atom. The summed E-state index contributed by atoms with van der Waals surface area (Å²) in [7, 11) is -3.33. The van der Waals surface area contributed by atoms with Crippen LogP contribution in [0.3, 0.4) is 0 Å². The average Bonchev–Trinajstić information content (AvgIpc) is 2.54. The van der Waals surface area contributed by atoms with Crippen molar-refractivity contribution < 1.29 is 8.42 Å². The van der Waals surface area contributed by atoms with Crippen LogP contribution in [0.15, 0.2) is 60.7 Å². The van der Waals surface area contributed by atoms with Gasteiger partial charge in [0.05, 0.1) is 5.75 Å². The Morgan fingerprint density at radius 1 is 0.818 bits per heavy atom. The summed E-state index contributed by atoms with van der Waals surface area (Å²) in [5.74, 6) is 0.430. The first-order chi connectivity index (χ1) is 10.6. The Kier molecular flexibility index (Phi) is 6.43. The van der Waals surface area contributed by atoms with Crippen molar-refractivity contribution in [2.24, 2.45) is 0 Å². The average molecular weight is 338 g/mol. The van der Waals surface area contributed by atoms with Crippen molar-refractivity contribution in [1.82, 2.24) is 4.31 Å². The predicted molar refractivity (Wildman–Crippen MR) is 91.3 cm³/mol. The number of hydrogen-bond donors (Lipinski definition) is 0. The minimum atomic E-state index is -3.33. The fourth-order valence-electron chi connectivity index (χ4n) is 2.19. The van der Waals surface area contributed by atoms with E-state index in [0.29, 0.717) is 25.4 Å². The third kappa shape index (κ3) is 5.13. The summed E-state index contributed by atoms with van der Waals surface area (Å²) in [5, 5.41) is 0. The number of alkyl halides is 1. The van der Waals surface area contributed by atoms with Gasteiger partial charge in [0.2, 0.25) is 10.0 Å². The lowest BCUT2D eigenvalue weighted by atomic mass is 10.2. The summed E-state index contributed by atoms with van der Waals surface area (Å²) in [6.07, 6.45) is 0.462. The van der Waals surface area contributed by atoms with Crippen LogP contribution in [0, 0.1) is 0 Å². The highest BCUT2D eigenvalue weighted by Gasteiger charge is 2.22. The second kappa shape index (κ2) is 8.32. The predicted octanol–water partition coefficient (Wildman–Crippen LogP) is 3.65. The molecule has 0 aliphatic rings. The fraction of sp³-hybridized carbons (Fsp3) is 0.294. The number of nitrogens with zero attached hydrogens (tertiary/aromatic N) is 1. The SMILES string of the molecule is O=S(=O)(CCCCl)N(Cc1ccccc1)Cc1ccccc1. The van der Waals surface area contributed by atoms with Crippen LogP contribution in [-0.4, -0.2) is 24.4 Å². The van der Waals surface area contributed by atoms with Gasteiger partial charge in [-0.3, -0.25) is 0 Å². The molecule has 0 aliphatic heterocycles. The molecule has 0 saturated carbocycles. The molecule has 0 atom stereocenters. The smallest absolute Gasteiger partial charge is 0.212 e. The molecular weight excluding hydrogens is 318 g/mol. The van der Waals surface area contributed by atoms with Crippen molar-refractivity contribution in [3.05, 3.63) is 71.8 Å². The number of sulfonamides is 1. The van der Waals surface area contributed by atoms with Gasteiger partial charge in [0.25, 0.3) is 0 Å². The van der Waals surface area contributed by atoms with E-state index >= 15 is 0 Å². The molecule has 0 spiro atoms. The standard InChI is InChI=1S/C17H20ClNO2S/c18-12-7-13-22(20,21)19(14-16-8-3-1-4-9-16)15-17-10-5-2-6-11-17/h1-6,8-11H,7,12-15H2. The maximum absolute atomic E-state index is 12.6.